The van der Waals surface area contributed by atoms with Crippen molar-refractivity contribution in [1.29, 1.82) is 0 Å². The van der Waals surface area contributed by atoms with Gasteiger partial charge in [-0.1, -0.05) is 6.07 Å². The van der Waals surface area contributed by atoms with Crippen LogP contribution in [0.3, 0.4) is 0 Å². The van der Waals surface area contributed by atoms with Crippen LogP contribution in [0.5, 0.6) is 5.75 Å². The van der Waals surface area contributed by atoms with E-state index in [0.29, 0.717) is 0 Å². The van der Waals surface area contributed by atoms with Gasteiger partial charge in [0.15, 0.2) is 4.77 Å². The molecule has 2 heterocycles. The predicted octanol–water partition coefficient (Wildman–Crippen LogP) is 4.01. The summed E-state index contributed by atoms with van der Waals surface area (Å²) in [5, 5.41) is 2.10. The lowest BCUT2D eigenvalue weighted by Crippen LogP contribution is -2.00. The standard InChI is InChI=1S/C14H14N2OS2/c1-17-10-4-5-12-13(9-10)16(14(18)15-12)7-6-11-3-2-8-19-11/h2-5,8-9H,6-7H2,1H3,(H,15,18). The zero-order valence-corrected chi connectivity index (χ0v) is 12.2. The fraction of sp³-hybridized carbons (Fsp3) is 0.214. The summed E-state index contributed by atoms with van der Waals surface area (Å²) in [7, 11) is 1.68. The van der Waals surface area contributed by atoms with Crippen LogP contribution in [0.15, 0.2) is 35.7 Å². The molecule has 0 radical (unpaired) electrons. The first-order valence-electron chi connectivity index (χ1n) is 6.07. The third kappa shape index (κ3) is 2.43. The lowest BCUT2D eigenvalue weighted by molar-refractivity contribution is 0.415. The van der Waals surface area contributed by atoms with Gasteiger partial charge in [0.1, 0.15) is 5.75 Å². The predicted molar refractivity (Wildman–Crippen MR) is 81.7 cm³/mol. The molecule has 0 saturated heterocycles. The van der Waals surface area contributed by atoms with Crippen molar-refractivity contribution in [2.75, 3.05) is 7.11 Å². The van der Waals surface area contributed by atoms with Crippen LogP contribution in [0.2, 0.25) is 0 Å². The highest BCUT2D eigenvalue weighted by atomic mass is 32.1. The Labute approximate surface area is 120 Å². The Bertz CT molecular complexity index is 740. The molecule has 19 heavy (non-hydrogen) atoms. The Balaban J connectivity index is 1.97. The molecule has 0 aliphatic carbocycles. The number of thiophene rings is 1. The highest BCUT2D eigenvalue weighted by Gasteiger charge is 2.06. The molecular weight excluding hydrogens is 276 g/mol. The zero-order valence-electron chi connectivity index (χ0n) is 10.6. The fourth-order valence-electron chi connectivity index (χ4n) is 2.16. The number of nitrogens with zero attached hydrogens (tertiary/aromatic N) is 1. The highest BCUT2D eigenvalue weighted by Crippen LogP contribution is 2.21. The first-order chi connectivity index (χ1) is 9.28. The largest absolute Gasteiger partial charge is 0.497 e. The van der Waals surface area contributed by atoms with E-state index in [9.17, 15) is 0 Å². The molecule has 0 amide bonds. The van der Waals surface area contributed by atoms with Gasteiger partial charge in [0, 0.05) is 17.5 Å². The maximum Gasteiger partial charge on any atom is 0.178 e. The summed E-state index contributed by atoms with van der Waals surface area (Å²) >= 11 is 7.18. The van der Waals surface area contributed by atoms with Gasteiger partial charge in [-0.15, -0.1) is 11.3 Å². The molecule has 0 aliphatic rings. The second kappa shape index (κ2) is 5.19. The van der Waals surface area contributed by atoms with Gasteiger partial charge in [0.05, 0.1) is 18.1 Å². The first kappa shape index (κ1) is 12.4. The van der Waals surface area contributed by atoms with Crippen molar-refractivity contribution in [3.8, 4) is 5.75 Å². The molecule has 0 spiro atoms. The molecule has 1 aromatic carbocycles. The van der Waals surface area contributed by atoms with Crippen molar-refractivity contribution in [1.82, 2.24) is 9.55 Å². The minimum atomic E-state index is 0.764. The summed E-state index contributed by atoms with van der Waals surface area (Å²) in [5.41, 5.74) is 2.15. The Hall–Kier alpha value is -1.59. The Morgan fingerprint density at radius 1 is 1.37 bits per heavy atom. The van der Waals surface area contributed by atoms with Gasteiger partial charge in [-0.3, -0.25) is 0 Å². The molecule has 0 fully saturated rings. The number of methoxy groups -OCH3 is 1. The quantitative estimate of drug-likeness (QED) is 0.736. The van der Waals surface area contributed by atoms with Gasteiger partial charge < -0.3 is 14.3 Å². The van der Waals surface area contributed by atoms with E-state index < -0.39 is 0 Å². The number of aromatic amines is 1. The monoisotopic (exact) mass is 290 g/mol. The molecule has 1 N–H and O–H groups in total. The molecule has 98 valence electrons. The second-order valence-electron chi connectivity index (χ2n) is 4.29. The van der Waals surface area contributed by atoms with E-state index in [4.69, 9.17) is 17.0 Å². The van der Waals surface area contributed by atoms with Gasteiger partial charge >= 0.3 is 0 Å². The lowest BCUT2D eigenvalue weighted by atomic mass is 10.3. The number of fused-ring (bicyclic) bond motifs is 1. The van der Waals surface area contributed by atoms with Gasteiger partial charge in [0.25, 0.3) is 0 Å². The maximum absolute atomic E-state index is 5.40. The number of benzene rings is 1. The number of H-pyrrole nitrogens is 1. The molecule has 5 heteroatoms. The normalized spacial score (nSPS) is 11.0. The third-order valence-corrected chi connectivity index (χ3v) is 4.40. The van der Waals surface area contributed by atoms with Crippen molar-refractivity contribution in [3.63, 3.8) is 0 Å². The molecule has 0 aliphatic heterocycles. The van der Waals surface area contributed by atoms with Crippen molar-refractivity contribution in [3.05, 3.63) is 45.4 Å². The fourth-order valence-corrected chi connectivity index (χ4v) is 3.16. The summed E-state index contributed by atoms with van der Waals surface area (Å²) in [6.45, 7) is 0.881. The second-order valence-corrected chi connectivity index (χ2v) is 5.71. The average molecular weight is 290 g/mol. The summed E-state index contributed by atoms with van der Waals surface area (Å²) in [5.74, 6) is 0.853. The zero-order chi connectivity index (χ0) is 13.2. The number of rotatable bonds is 4. The molecule has 0 atom stereocenters. The van der Waals surface area contributed by atoms with E-state index in [1.807, 2.05) is 18.2 Å². The Morgan fingerprint density at radius 3 is 3.00 bits per heavy atom. The number of aryl methyl sites for hydroxylation is 2. The number of hydrogen-bond acceptors (Lipinski definition) is 3. The van der Waals surface area contributed by atoms with Crippen LogP contribution in [0.4, 0.5) is 0 Å². The SMILES string of the molecule is COc1ccc2[nH]c(=S)n(CCc3cccs3)c2c1. The summed E-state index contributed by atoms with van der Waals surface area (Å²) < 4.78 is 8.17. The molecule has 0 bridgehead atoms. The van der Waals surface area contributed by atoms with Crippen LogP contribution in [-0.4, -0.2) is 16.7 Å². The molecule has 0 saturated carbocycles. The van der Waals surface area contributed by atoms with Crippen molar-refractivity contribution in [2.24, 2.45) is 0 Å². The number of imidazole rings is 1. The Morgan fingerprint density at radius 2 is 2.26 bits per heavy atom. The van der Waals surface area contributed by atoms with Crippen LogP contribution in [0.1, 0.15) is 4.88 Å². The van der Waals surface area contributed by atoms with E-state index in [1.54, 1.807) is 18.4 Å². The smallest absolute Gasteiger partial charge is 0.178 e. The summed E-state index contributed by atoms with van der Waals surface area (Å²) in [6, 6.07) is 10.2. The highest BCUT2D eigenvalue weighted by molar-refractivity contribution is 7.71. The molecule has 3 rings (SSSR count). The molecule has 3 nitrogen and oxygen atoms in total. The first-order valence-corrected chi connectivity index (χ1v) is 7.35. The van der Waals surface area contributed by atoms with Crippen molar-refractivity contribution < 1.29 is 4.74 Å². The van der Waals surface area contributed by atoms with Crippen molar-refractivity contribution >= 4 is 34.6 Å². The topological polar surface area (TPSA) is 29.9 Å². The minimum absolute atomic E-state index is 0.764. The summed E-state index contributed by atoms with van der Waals surface area (Å²) in [4.78, 5) is 4.61. The van der Waals surface area contributed by atoms with Crippen LogP contribution >= 0.6 is 23.6 Å². The van der Waals surface area contributed by atoms with Gasteiger partial charge in [0.2, 0.25) is 0 Å². The third-order valence-electron chi connectivity index (χ3n) is 3.14. The molecule has 0 unspecified atom stereocenters. The number of hydrogen-bond donors (Lipinski definition) is 1. The minimum Gasteiger partial charge on any atom is -0.497 e. The number of aromatic nitrogens is 2. The number of ether oxygens (including phenoxy) is 1. The van der Waals surface area contributed by atoms with Crippen LogP contribution < -0.4 is 4.74 Å². The van der Waals surface area contributed by atoms with E-state index >= 15 is 0 Å². The van der Waals surface area contributed by atoms with Crippen LogP contribution in [-0.2, 0) is 13.0 Å². The van der Waals surface area contributed by atoms with Crippen molar-refractivity contribution in [2.45, 2.75) is 13.0 Å². The lowest BCUT2D eigenvalue weighted by Gasteiger charge is -2.05. The van der Waals surface area contributed by atoms with Gasteiger partial charge in [-0.25, -0.2) is 0 Å². The van der Waals surface area contributed by atoms with Crippen LogP contribution in [0, 0.1) is 4.77 Å². The number of nitrogens with one attached hydrogen (secondary N) is 1. The van der Waals surface area contributed by atoms with Gasteiger partial charge in [-0.05, 0) is 42.2 Å². The Kier molecular flexibility index (Phi) is 3.40. The molecule has 2 aromatic heterocycles. The van der Waals surface area contributed by atoms with E-state index in [2.05, 4.69) is 27.1 Å². The summed E-state index contributed by atoms with van der Waals surface area (Å²) in [6.07, 6.45) is 0.996. The van der Waals surface area contributed by atoms with E-state index in [-0.39, 0.29) is 0 Å². The average Bonchev–Trinajstić information content (AvgIpc) is 3.03. The maximum atomic E-state index is 5.40. The van der Waals surface area contributed by atoms with Crippen LogP contribution in [0.25, 0.3) is 11.0 Å². The van der Waals surface area contributed by atoms with Gasteiger partial charge in [-0.2, -0.15) is 0 Å². The van der Waals surface area contributed by atoms with E-state index in [0.717, 1.165) is 34.5 Å². The van der Waals surface area contributed by atoms with E-state index in [1.165, 1.54) is 4.88 Å². The molecule has 3 aromatic rings. The molecular formula is C14H14N2OS2.